The number of hydrogen-bond donors (Lipinski definition) is 0. The van der Waals surface area contributed by atoms with Crippen molar-refractivity contribution in [3.05, 3.63) is 68.3 Å². The van der Waals surface area contributed by atoms with Crippen molar-refractivity contribution < 1.29 is 0 Å². The van der Waals surface area contributed by atoms with Gasteiger partial charge in [-0.15, -0.1) is 0 Å². The highest BCUT2D eigenvalue weighted by Gasteiger charge is 2.20. The molecule has 0 aliphatic carbocycles. The molecule has 2 nitrogen and oxygen atoms in total. The molecular formula is C22H21Cl3N2. The number of benzene rings is 2. The first-order valence-corrected chi connectivity index (χ1v) is 10.2. The van der Waals surface area contributed by atoms with Gasteiger partial charge in [0.1, 0.15) is 0 Å². The van der Waals surface area contributed by atoms with E-state index in [0.717, 1.165) is 42.1 Å². The number of likely N-dealkylation sites (N-methyl/N-ethyl adjacent to an activating group) is 1. The summed E-state index contributed by atoms with van der Waals surface area (Å²) in [5, 5.41) is 3.19. The summed E-state index contributed by atoms with van der Waals surface area (Å²) in [5.74, 6) is 0. The van der Waals surface area contributed by atoms with Gasteiger partial charge in [-0.05, 0) is 67.4 Å². The number of rotatable bonds is 2. The first kappa shape index (κ1) is 18.9. The highest BCUT2D eigenvalue weighted by atomic mass is 35.5. The van der Waals surface area contributed by atoms with Crippen LogP contribution < -0.4 is 0 Å². The molecule has 0 atom stereocenters. The maximum absolute atomic E-state index is 6.31. The molecule has 2 heterocycles. The summed E-state index contributed by atoms with van der Waals surface area (Å²) < 4.78 is 2.33. The Hall–Kier alpha value is -1.45. The number of halogens is 3. The fraction of sp³-hybridized carbons (Fsp3) is 0.273. The highest BCUT2D eigenvalue weighted by Crippen LogP contribution is 2.33. The molecule has 0 saturated carbocycles. The van der Waals surface area contributed by atoms with E-state index >= 15 is 0 Å². The van der Waals surface area contributed by atoms with E-state index in [9.17, 15) is 0 Å². The number of fused-ring (bicyclic) bond motifs is 3. The number of hydrogen-bond acceptors (Lipinski definition) is 1. The molecule has 1 aliphatic rings. The smallest absolute Gasteiger partial charge is 0.0598 e. The molecule has 5 heteroatoms. The molecule has 4 rings (SSSR count). The van der Waals surface area contributed by atoms with Crippen LogP contribution in [0.15, 0.2) is 36.4 Å². The summed E-state index contributed by atoms with van der Waals surface area (Å²) >= 11 is 18.6. The van der Waals surface area contributed by atoms with Gasteiger partial charge in [-0.3, -0.25) is 0 Å². The van der Waals surface area contributed by atoms with E-state index < -0.39 is 0 Å². The van der Waals surface area contributed by atoms with E-state index in [1.165, 1.54) is 22.2 Å². The van der Waals surface area contributed by atoms with Crippen molar-refractivity contribution in [1.82, 2.24) is 9.47 Å². The third kappa shape index (κ3) is 3.64. The monoisotopic (exact) mass is 418 g/mol. The molecule has 2 aromatic carbocycles. The fourth-order valence-electron chi connectivity index (χ4n) is 3.82. The van der Waals surface area contributed by atoms with Gasteiger partial charge in [0.2, 0.25) is 0 Å². The van der Waals surface area contributed by atoms with Gasteiger partial charge in [0, 0.05) is 41.8 Å². The van der Waals surface area contributed by atoms with E-state index in [2.05, 4.69) is 41.8 Å². The highest BCUT2D eigenvalue weighted by molar-refractivity contribution is 6.42. The van der Waals surface area contributed by atoms with Crippen LogP contribution in [0.4, 0.5) is 0 Å². The van der Waals surface area contributed by atoms with Crippen molar-refractivity contribution in [2.24, 2.45) is 0 Å². The van der Waals surface area contributed by atoms with E-state index in [0.29, 0.717) is 10.0 Å². The zero-order valence-electron chi connectivity index (χ0n) is 15.4. The second-order valence-corrected chi connectivity index (χ2v) is 8.45. The third-order valence-electron chi connectivity index (χ3n) is 5.35. The Morgan fingerprint density at radius 2 is 1.74 bits per heavy atom. The Balaban J connectivity index is 1.89. The molecule has 0 bridgehead atoms. The van der Waals surface area contributed by atoms with Gasteiger partial charge in [-0.1, -0.05) is 40.9 Å². The topological polar surface area (TPSA) is 8.17 Å². The van der Waals surface area contributed by atoms with Crippen molar-refractivity contribution >= 4 is 57.5 Å². The van der Waals surface area contributed by atoms with Crippen molar-refractivity contribution in [1.29, 1.82) is 0 Å². The van der Waals surface area contributed by atoms with Crippen molar-refractivity contribution in [2.45, 2.75) is 19.8 Å². The molecule has 27 heavy (non-hydrogen) atoms. The molecule has 3 aromatic rings. The standard InChI is InChI=1S/C22H21Cl3N2/c1-14(15-3-5-19(24)20(25)11-15)13-27-21-6-4-16(23)12-18(21)17-7-9-26(2)10-8-22(17)27/h3-6,11-13H,7-10H2,1-2H3/b14-13+. The summed E-state index contributed by atoms with van der Waals surface area (Å²) in [6.07, 6.45) is 4.26. The summed E-state index contributed by atoms with van der Waals surface area (Å²) in [6, 6.07) is 12.0. The second kappa shape index (κ2) is 7.52. The molecule has 0 unspecified atom stereocenters. The predicted octanol–water partition coefficient (Wildman–Crippen LogP) is 6.65. The average Bonchev–Trinajstić information content (AvgIpc) is 2.78. The lowest BCUT2D eigenvalue weighted by Crippen LogP contribution is -2.21. The van der Waals surface area contributed by atoms with Crippen molar-refractivity contribution in [3.8, 4) is 0 Å². The minimum Gasteiger partial charge on any atom is -0.320 e. The lowest BCUT2D eigenvalue weighted by atomic mass is 10.1. The largest absolute Gasteiger partial charge is 0.320 e. The molecule has 0 spiro atoms. The van der Waals surface area contributed by atoms with Crippen LogP contribution in [-0.4, -0.2) is 29.6 Å². The van der Waals surface area contributed by atoms with Crippen LogP contribution >= 0.6 is 34.8 Å². The molecule has 0 amide bonds. The average molecular weight is 420 g/mol. The van der Waals surface area contributed by atoms with Gasteiger partial charge in [0.05, 0.1) is 15.6 Å². The Kier molecular flexibility index (Phi) is 5.26. The number of nitrogens with zero attached hydrogens (tertiary/aromatic N) is 2. The summed E-state index contributed by atoms with van der Waals surface area (Å²) in [5.41, 5.74) is 6.19. The summed E-state index contributed by atoms with van der Waals surface area (Å²) in [7, 11) is 2.18. The van der Waals surface area contributed by atoms with Gasteiger partial charge in [0.25, 0.3) is 0 Å². The van der Waals surface area contributed by atoms with Gasteiger partial charge >= 0.3 is 0 Å². The quantitative estimate of drug-likeness (QED) is 0.451. The predicted molar refractivity (Wildman–Crippen MR) is 118 cm³/mol. The Morgan fingerprint density at radius 1 is 0.963 bits per heavy atom. The molecule has 0 fully saturated rings. The third-order valence-corrected chi connectivity index (χ3v) is 6.33. The molecule has 0 saturated heterocycles. The normalized spacial score (nSPS) is 15.8. The fourth-order valence-corrected chi connectivity index (χ4v) is 4.30. The summed E-state index contributed by atoms with van der Waals surface area (Å²) in [4.78, 5) is 2.39. The van der Waals surface area contributed by atoms with Gasteiger partial charge < -0.3 is 9.47 Å². The lowest BCUT2D eigenvalue weighted by molar-refractivity contribution is 0.351. The van der Waals surface area contributed by atoms with Crippen molar-refractivity contribution in [2.75, 3.05) is 20.1 Å². The van der Waals surface area contributed by atoms with Crippen LogP contribution in [0.5, 0.6) is 0 Å². The maximum Gasteiger partial charge on any atom is 0.0598 e. The molecule has 140 valence electrons. The van der Waals surface area contributed by atoms with E-state index in [1.807, 2.05) is 24.3 Å². The van der Waals surface area contributed by atoms with Gasteiger partial charge in [0.15, 0.2) is 0 Å². The molecular weight excluding hydrogens is 399 g/mol. The van der Waals surface area contributed by atoms with Gasteiger partial charge in [-0.2, -0.15) is 0 Å². The zero-order chi connectivity index (χ0) is 19.1. The Labute approximate surface area is 174 Å². The minimum absolute atomic E-state index is 0.575. The first-order valence-electron chi connectivity index (χ1n) is 9.07. The summed E-state index contributed by atoms with van der Waals surface area (Å²) in [6.45, 7) is 4.22. The van der Waals surface area contributed by atoms with Crippen LogP contribution in [-0.2, 0) is 12.8 Å². The Bertz CT molecular complexity index is 1050. The molecule has 0 radical (unpaired) electrons. The van der Waals surface area contributed by atoms with Crippen LogP contribution in [0.2, 0.25) is 15.1 Å². The lowest BCUT2D eigenvalue weighted by Gasteiger charge is -2.13. The van der Waals surface area contributed by atoms with Crippen LogP contribution in [0, 0.1) is 0 Å². The van der Waals surface area contributed by atoms with E-state index in [-0.39, 0.29) is 0 Å². The van der Waals surface area contributed by atoms with Crippen molar-refractivity contribution in [3.63, 3.8) is 0 Å². The second-order valence-electron chi connectivity index (χ2n) is 7.20. The van der Waals surface area contributed by atoms with Crippen LogP contribution in [0.3, 0.4) is 0 Å². The van der Waals surface area contributed by atoms with E-state index in [4.69, 9.17) is 34.8 Å². The molecule has 1 aromatic heterocycles. The minimum atomic E-state index is 0.575. The zero-order valence-corrected chi connectivity index (χ0v) is 17.7. The van der Waals surface area contributed by atoms with E-state index in [1.54, 1.807) is 0 Å². The molecule has 1 aliphatic heterocycles. The molecule has 0 N–H and O–H groups in total. The first-order chi connectivity index (χ1) is 12.9. The number of allylic oxidation sites excluding steroid dienone is 1. The maximum atomic E-state index is 6.31. The van der Waals surface area contributed by atoms with Crippen LogP contribution in [0.1, 0.15) is 23.7 Å². The SMILES string of the molecule is C/C(=C\n1c2c(c3cc(Cl)ccc31)CCN(C)CC2)c1ccc(Cl)c(Cl)c1. The Morgan fingerprint density at radius 3 is 2.52 bits per heavy atom. The number of aromatic nitrogens is 1. The van der Waals surface area contributed by atoms with Gasteiger partial charge in [-0.25, -0.2) is 0 Å². The van der Waals surface area contributed by atoms with Crippen LogP contribution in [0.25, 0.3) is 22.7 Å².